The molecule has 0 aliphatic carbocycles. The van der Waals surface area contributed by atoms with Gasteiger partial charge in [0.15, 0.2) is 12.4 Å². The SMILES string of the molecule is CCc1ccccc1NC(=O)CCCC(=O)OCC(=O)c1cccc(OC)c1. The van der Waals surface area contributed by atoms with Crippen LogP contribution in [0.1, 0.15) is 42.1 Å². The topological polar surface area (TPSA) is 81.7 Å². The zero-order chi connectivity index (χ0) is 20.4. The molecular weight excluding hydrogens is 358 g/mol. The van der Waals surface area contributed by atoms with Crippen LogP contribution < -0.4 is 10.1 Å². The first-order chi connectivity index (χ1) is 13.5. The Labute approximate surface area is 164 Å². The van der Waals surface area contributed by atoms with Gasteiger partial charge < -0.3 is 14.8 Å². The van der Waals surface area contributed by atoms with Crippen molar-refractivity contribution in [1.82, 2.24) is 0 Å². The number of Topliss-reactive ketones (excluding diaryl/α,β-unsaturated/α-hetero) is 1. The fourth-order valence-electron chi connectivity index (χ4n) is 2.65. The maximum atomic E-state index is 12.1. The third-order valence-electron chi connectivity index (χ3n) is 4.21. The summed E-state index contributed by atoms with van der Waals surface area (Å²) >= 11 is 0. The van der Waals surface area contributed by atoms with Crippen LogP contribution in [0.2, 0.25) is 0 Å². The number of aryl methyl sites for hydroxylation is 1. The van der Waals surface area contributed by atoms with E-state index in [-0.39, 0.29) is 31.1 Å². The van der Waals surface area contributed by atoms with E-state index < -0.39 is 5.97 Å². The number of rotatable bonds is 10. The molecule has 0 unspecified atom stereocenters. The lowest BCUT2D eigenvalue weighted by Gasteiger charge is -2.09. The van der Waals surface area contributed by atoms with Crippen LogP contribution in [0, 0.1) is 0 Å². The molecule has 0 saturated carbocycles. The highest BCUT2D eigenvalue weighted by molar-refractivity contribution is 5.98. The minimum Gasteiger partial charge on any atom is -0.497 e. The van der Waals surface area contributed by atoms with Gasteiger partial charge in [0.2, 0.25) is 5.91 Å². The summed E-state index contributed by atoms with van der Waals surface area (Å²) in [5.41, 5.74) is 2.27. The number of ether oxygens (including phenoxy) is 2. The minimum atomic E-state index is -0.502. The lowest BCUT2D eigenvalue weighted by atomic mass is 10.1. The molecule has 148 valence electrons. The van der Waals surface area contributed by atoms with Crippen molar-refractivity contribution in [2.75, 3.05) is 19.0 Å². The largest absolute Gasteiger partial charge is 0.497 e. The maximum absolute atomic E-state index is 12.1. The second-order valence-corrected chi connectivity index (χ2v) is 6.23. The predicted octanol–water partition coefficient (Wildman–Crippen LogP) is 3.79. The van der Waals surface area contributed by atoms with Gasteiger partial charge in [-0.3, -0.25) is 14.4 Å². The number of esters is 1. The Bertz CT molecular complexity index is 831. The summed E-state index contributed by atoms with van der Waals surface area (Å²) in [7, 11) is 1.51. The molecule has 0 fully saturated rings. The molecular formula is C22H25NO5. The van der Waals surface area contributed by atoms with Crippen molar-refractivity contribution in [2.45, 2.75) is 32.6 Å². The van der Waals surface area contributed by atoms with E-state index in [0.29, 0.717) is 17.7 Å². The predicted molar refractivity (Wildman–Crippen MR) is 107 cm³/mol. The van der Waals surface area contributed by atoms with Gasteiger partial charge in [0.25, 0.3) is 0 Å². The smallest absolute Gasteiger partial charge is 0.306 e. The molecule has 0 spiro atoms. The first-order valence-corrected chi connectivity index (χ1v) is 9.24. The molecule has 0 atom stereocenters. The highest BCUT2D eigenvalue weighted by Gasteiger charge is 2.12. The molecule has 28 heavy (non-hydrogen) atoms. The Kier molecular flexibility index (Phi) is 8.21. The van der Waals surface area contributed by atoms with Crippen molar-refractivity contribution in [1.29, 1.82) is 0 Å². The number of anilines is 1. The van der Waals surface area contributed by atoms with E-state index in [4.69, 9.17) is 9.47 Å². The second-order valence-electron chi connectivity index (χ2n) is 6.23. The summed E-state index contributed by atoms with van der Waals surface area (Å²) in [5, 5.41) is 2.86. The number of hydrogen-bond donors (Lipinski definition) is 1. The molecule has 0 aliphatic rings. The van der Waals surface area contributed by atoms with Crippen LogP contribution in [0.4, 0.5) is 5.69 Å². The average Bonchev–Trinajstić information content (AvgIpc) is 2.72. The van der Waals surface area contributed by atoms with Gasteiger partial charge in [-0.25, -0.2) is 0 Å². The zero-order valence-corrected chi connectivity index (χ0v) is 16.2. The molecule has 0 bridgehead atoms. The fraction of sp³-hybridized carbons (Fsp3) is 0.318. The molecule has 0 aliphatic heterocycles. The summed E-state index contributed by atoms with van der Waals surface area (Å²) in [6.07, 6.45) is 1.46. The van der Waals surface area contributed by atoms with E-state index in [2.05, 4.69) is 5.32 Å². The molecule has 1 amide bonds. The normalized spacial score (nSPS) is 10.2. The van der Waals surface area contributed by atoms with Gasteiger partial charge in [-0.15, -0.1) is 0 Å². The van der Waals surface area contributed by atoms with E-state index in [1.807, 2.05) is 31.2 Å². The number of benzene rings is 2. The summed E-state index contributed by atoms with van der Waals surface area (Å²) in [6.45, 7) is 1.69. The first kappa shape index (κ1) is 21.2. The second kappa shape index (κ2) is 10.9. The highest BCUT2D eigenvalue weighted by atomic mass is 16.5. The number of nitrogens with one attached hydrogen (secondary N) is 1. The summed E-state index contributed by atoms with van der Waals surface area (Å²) in [6, 6.07) is 14.3. The molecule has 6 nitrogen and oxygen atoms in total. The van der Waals surface area contributed by atoms with Gasteiger partial charge in [0.05, 0.1) is 7.11 Å². The molecule has 2 rings (SSSR count). The van der Waals surface area contributed by atoms with Crippen LogP contribution in [-0.2, 0) is 20.7 Å². The van der Waals surface area contributed by atoms with Gasteiger partial charge in [-0.05, 0) is 36.6 Å². The lowest BCUT2D eigenvalue weighted by molar-refractivity contribution is -0.142. The van der Waals surface area contributed by atoms with E-state index in [9.17, 15) is 14.4 Å². The lowest BCUT2D eigenvalue weighted by Crippen LogP contribution is -2.16. The number of amides is 1. The van der Waals surface area contributed by atoms with Crippen molar-refractivity contribution in [3.05, 3.63) is 59.7 Å². The Morgan fingerprint density at radius 2 is 1.79 bits per heavy atom. The number of carbonyl (C=O) groups is 3. The fourth-order valence-corrected chi connectivity index (χ4v) is 2.65. The molecule has 0 radical (unpaired) electrons. The van der Waals surface area contributed by atoms with Crippen LogP contribution in [-0.4, -0.2) is 31.4 Å². The van der Waals surface area contributed by atoms with E-state index in [1.54, 1.807) is 24.3 Å². The zero-order valence-electron chi connectivity index (χ0n) is 16.2. The average molecular weight is 383 g/mol. The van der Waals surface area contributed by atoms with Crippen molar-refractivity contribution in [2.24, 2.45) is 0 Å². The van der Waals surface area contributed by atoms with Gasteiger partial charge in [-0.2, -0.15) is 0 Å². The van der Waals surface area contributed by atoms with Crippen LogP contribution in [0.25, 0.3) is 0 Å². The monoisotopic (exact) mass is 383 g/mol. The molecule has 0 aromatic heterocycles. The minimum absolute atomic E-state index is 0.0776. The molecule has 2 aromatic carbocycles. The van der Waals surface area contributed by atoms with Crippen LogP contribution in [0.5, 0.6) is 5.75 Å². The molecule has 1 N–H and O–H groups in total. The van der Waals surface area contributed by atoms with Crippen LogP contribution >= 0.6 is 0 Å². The third kappa shape index (κ3) is 6.54. The number of hydrogen-bond acceptors (Lipinski definition) is 5. The first-order valence-electron chi connectivity index (χ1n) is 9.24. The van der Waals surface area contributed by atoms with Crippen molar-refractivity contribution >= 4 is 23.3 Å². The van der Waals surface area contributed by atoms with Crippen LogP contribution in [0.3, 0.4) is 0 Å². The molecule has 0 saturated heterocycles. The third-order valence-corrected chi connectivity index (χ3v) is 4.21. The van der Waals surface area contributed by atoms with Gasteiger partial charge in [-0.1, -0.05) is 37.3 Å². The number of carbonyl (C=O) groups excluding carboxylic acids is 3. The van der Waals surface area contributed by atoms with Crippen LogP contribution in [0.15, 0.2) is 48.5 Å². The standard InChI is InChI=1S/C22H25NO5/c1-3-16-8-4-5-11-19(16)23-21(25)12-7-13-22(26)28-15-20(24)17-9-6-10-18(14-17)27-2/h4-6,8-11,14H,3,7,12-13,15H2,1-2H3,(H,23,25). The van der Waals surface area contributed by atoms with Gasteiger partial charge >= 0.3 is 5.97 Å². The van der Waals surface area contributed by atoms with Gasteiger partial charge in [0, 0.05) is 24.1 Å². The Balaban J connectivity index is 1.70. The summed E-state index contributed by atoms with van der Waals surface area (Å²) < 4.78 is 10.1. The maximum Gasteiger partial charge on any atom is 0.306 e. The Morgan fingerprint density at radius 3 is 2.54 bits per heavy atom. The van der Waals surface area contributed by atoms with E-state index >= 15 is 0 Å². The molecule has 6 heteroatoms. The summed E-state index contributed by atoms with van der Waals surface area (Å²) in [5.74, 6) is -0.395. The van der Waals surface area contributed by atoms with Crippen molar-refractivity contribution in [3.8, 4) is 5.75 Å². The molecule has 0 heterocycles. The highest BCUT2D eigenvalue weighted by Crippen LogP contribution is 2.16. The molecule has 2 aromatic rings. The number of ketones is 1. The Morgan fingerprint density at radius 1 is 1.00 bits per heavy atom. The summed E-state index contributed by atoms with van der Waals surface area (Å²) in [4.78, 5) is 35.9. The number of methoxy groups -OCH3 is 1. The van der Waals surface area contributed by atoms with Gasteiger partial charge in [0.1, 0.15) is 5.75 Å². The Hall–Kier alpha value is -3.15. The van der Waals surface area contributed by atoms with E-state index in [0.717, 1.165) is 17.7 Å². The van der Waals surface area contributed by atoms with Crippen molar-refractivity contribution in [3.63, 3.8) is 0 Å². The van der Waals surface area contributed by atoms with E-state index in [1.165, 1.54) is 7.11 Å². The number of para-hydroxylation sites is 1. The van der Waals surface area contributed by atoms with Crippen molar-refractivity contribution < 1.29 is 23.9 Å². The quantitative estimate of drug-likeness (QED) is 0.499.